The molecule has 0 saturated carbocycles. The predicted molar refractivity (Wildman–Crippen MR) is 130 cm³/mol. The average molecular weight is 525 g/mol. The van der Waals surface area contributed by atoms with Crippen LogP contribution < -0.4 is 5.32 Å². The molecule has 7 nitrogen and oxygen atoms in total. The van der Waals surface area contributed by atoms with E-state index in [0.717, 1.165) is 32.1 Å². The highest BCUT2D eigenvalue weighted by atomic mass is 127. The van der Waals surface area contributed by atoms with Crippen molar-refractivity contribution in [1.29, 1.82) is 0 Å². The lowest BCUT2D eigenvalue weighted by Gasteiger charge is -2.36. The summed E-state index contributed by atoms with van der Waals surface area (Å²) < 4.78 is 5.23. The number of guanidine groups is 1. The molecule has 0 atom stereocenters. The number of carbonyl (C=O) groups is 1. The molecule has 0 radical (unpaired) electrons. The number of hydrogen-bond donors (Lipinski definition) is 1. The summed E-state index contributed by atoms with van der Waals surface area (Å²) in [6.45, 7) is 7.27. The fourth-order valence-corrected chi connectivity index (χ4v) is 3.38. The Morgan fingerprint density at radius 3 is 2.27 bits per heavy atom. The fraction of sp³-hybridized carbons (Fsp3) is 0.455. The first-order valence-corrected chi connectivity index (χ1v) is 10.2. The molecule has 1 aromatic carbocycles. The van der Waals surface area contributed by atoms with Crippen molar-refractivity contribution >= 4 is 35.8 Å². The van der Waals surface area contributed by atoms with Gasteiger partial charge in [0.05, 0.1) is 12.8 Å². The maximum atomic E-state index is 12.4. The number of carbonyl (C=O) groups excluding carboxylic acids is 1. The lowest BCUT2D eigenvalue weighted by Crippen LogP contribution is -2.53. The van der Waals surface area contributed by atoms with Crippen molar-refractivity contribution < 1.29 is 9.21 Å². The van der Waals surface area contributed by atoms with E-state index in [4.69, 9.17) is 9.41 Å². The Bertz CT molecular complexity index is 797. The maximum Gasteiger partial charge on any atom is 0.289 e. The van der Waals surface area contributed by atoms with Crippen LogP contribution in [-0.2, 0) is 13.1 Å². The van der Waals surface area contributed by atoms with Crippen molar-refractivity contribution in [1.82, 2.24) is 20.0 Å². The second-order valence-corrected chi connectivity index (χ2v) is 7.48. The number of furan rings is 1. The van der Waals surface area contributed by atoms with Crippen molar-refractivity contribution in [3.05, 3.63) is 59.5 Å². The summed E-state index contributed by atoms with van der Waals surface area (Å²) in [6, 6.07) is 12.1. The molecule has 8 heteroatoms. The smallest absolute Gasteiger partial charge is 0.289 e. The molecule has 1 aliphatic rings. The van der Waals surface area contributed by atoms with Gasteiger partial charge in [-0.1, -0.05) is 24.3 Å². The van der Waals surface area contributed by atoms with E-state index in [2.05, 4.69) is 60.4 Å². The molecule has 2 heterocycles. The summed E-state index contributed by atoms with van der Waals surface area (Å²) in [5.74, 6) is 1.25. The van der Waals surface area contributed by atoms with Crippen LogP contribution in [0.2, 0.25) is 0 Å². The minimum atomic E-state index is -0.0468. The molecule has 1 aliphatic heterocycles. The largest absolute Gasteiger partial charge is 0.459 e. The third-order valence-corrected chi connectivity index (χ3v) is 4.87. The first kappa shape index (κ1) is 24.2. The van der Waals surface area contributed by atoms with Gasteiger partial charge in [0.15, 0.2) is 11.7 Å². The number of hydrogen-bond acceptors (Lipinski definition) is 4. The van der Waals surface area contributed by atoms with Crippen molar-refractivity contribution in [2.75, 3.05) is 46.8 Å². The lowest BCUT2D eigenvalue weighted by molar-refractivity contribution is 0.0657. The third-order valence-electron chi connectivity index (χ3n) is 4.87. The zero-order valence-electron chi connectivity index (χ0n) is 18.0. The van der Waals surface area contributed by atoms with Crippen LogP contribution in [0.15, 0.2) is 52.1 Å². The Labute approximate surface area is 196 Å². The van der Waals surface area contributed by atoms with E-state index in [1.54, 1.807) is 12.1 Å². The molecule has 0 spiro atoms. The van der Waals surface area contributed by atoms with Crippen LogP contribution >= 0.6 is 24.0 Å². The van der Waals surface area contributed by atoms with Crippen LogP contribution in [0.5, 0.6) is 0 Å². The summed E-state index contributed by atoms with van der Waals surface area (Å²) in [7, 11) is 4.14. The van der Waals surface area contributed by atoms with Gasteiger partial charge in [-0.05, 0) is 44.3 Å². The minimum absolute atomic E-state index is 0. The quantitative estimate of drug-likeness (QED) is 0.357. The Morgan fingerprint density at radius 2 is 1.70 bits per heavy atom. The van der Waals surface area contributed by atoms with E-state index in [1.165, 1.54) is 17.4 Å². The number of piperazine rings is 1. The average Bonchev–Trinajstić information content (AvgIpc) is 3.26. The Balaban J connectivity index is 0.00000320. The minimum Gasteiger partial charge on any atom is -0.459 e. The van der Waals surface area contributed by atoms with Crippen LogP contribution in [0.3, 0.4) is 0 Å². The Morgan fingerprint density at radius 1 is 1.07 bits per heavy atom. The SMILES string of the molecule is CCNC(=NCc1ccc(CN(C)C)cc1)N1CCN(C(=O)c2ccco2)CC1.I. The number of aliphatic imine (C=N–C) groups is 1. The van der Waals surface area contributed by atoms with Gasteiger partial charge in [0.25, 0.3) is 5.91 Å². The summed E-state index contributed by atoms with van der Waals surface area (Å²) >= 11 is 0. The summed E-state index contributed by atoms with van der Waals surface area (Å²) in [5, 5.41) is 3.38. The zero-order valence-corrected chi connectivity index (χ0v) is 20.3. The van der Waals surface area contributed by atoms with Gasteiger partial charge < -0.3 is 24.4 Å². The molecule has 3 rings (SSSR count). The number of nitrogens with zero attached hydrogens (tertiary/aromatic N) is 4. The molecular weight excluding hydrogens is 493 g/mol. The van der Waals surface area contributed by atoms with E-state index in [-0.39, 0.29) is 29.9 Å². The van der Waals surface area contributed by atoms with Gasteiger partial charge in [-0.15, -0.1) is 24.0 Å². The number of nitrogens with one attached hydrogen (secondary N) is 1. The number of amides is 1. The van der Waals surface area contributed by atoms with Crippen LogP contribution in [0.25, 0.3) is 0 Å². The van der Waals surface area contributed by atoms with E-state index >= 15 is 0 Å². The highest BCUT2D eigenvalue weighted by molar-refractivity contribution is 14.0. The number of benzene rings is 1. The second kappa shape index (κ2) is 11.9. The van der Waals surface area contributed by atoms with Crippen LogP contribution in [0.4, 0.5) is 0 Å². The van der Waals surface area contributed by atoms with E-state index in [0.29, 0.717) is 25.4 Å². The first-order chi connectivity index (χ1) is 14.1. The van der Waals surface area contributed by atoms with Crippen molar-refractivity contribution in [3.8, 4) is 0 Å². The van der Waals surface area contributed by atoms with Crippen molar-refractivity contribution in [3.63, 3.8) is 0 Å². The second-order valence-electron chi connectivity index (χ2n) is 7.48. The Kier molecular flexibility index (Phi) is 9.64. The van der Waals surface area contributed by atoms with Gasteiger partial charge in [-0.3, -0.25) is 4.79 Å². The van der Waals surface area contributed by atoms with Gasteiger partial charge in [0.1, 0.15) is 0 Å². The Hall–Kier alpha value is -2.07. The normalized spacial score (nSPS) is 14.6. The molecule has 164 valence electrons. The topological polar surface area (TPSA) is 64.3 Å². The zero-order chi connectivity index (χ0) is 20.6. The molecule has 1 N–H and O–H groups in total. The van der Waals surface area contributed by atoms with Gasteiger partial charge in [-0.25, -0.2) is 4.99 Å². The highest BCUT2D eigenvalue weighted by Crippen LogP contribution is 2.11. The van der Waals surface area contributed by atoms with E-state index < -0.39 is 0 Å². The van der Waals surface area contributed by atoms with Crippen molar-refractivity contribution in [2.24, 2.45) is 4.99 Å². The first-order valence-electron chi connectivity index (χ1n) is 10.2. The number of halogens is 1. The molecule has 1 fully saturated rings. The van der Waals surface area contributed by atoms with E-state index in [9.17, 15) is 4.79 Å². The van der Waals surface area contributed by atoms with Gasteiger partial charge in [0.2, 0.25) is 0 Å². The van der Waals surface area contributed by atoms with E-state index in [1.807, 2.05) is 4.90 Å². The molecule has 2 aromatic rings. The molecule has 0 unspecified atom stereocenters. The van der Waals surface area contributed by atoms with Gasteiger partial charge in [0, 0.05) is 39.3 Å². The van der Waals surface area contributed by atoms with Crippen molar-refractivity contribution in [2.45, 2.75) is 20.0 Å². The summed E-state index contributed by atoms with van der Waals surface area (Å²) in [4.78, 5) is 23.5. The lowest BCUT2D eigenvalue weighted by atomic mass is 10.1. The fourth-order valence-electron chi connectivity index (χ4n) is 3.38. The highest BCUT2D eigenvalue weighted by Gasteiger charge is 2.25. The summed E-state index contributed by atoms with van der Waals surface area (Å²) in [5.41, 5.74) is 2.49. The predicted octanol–water partition coefficient (Wildman–Crippen LogP) is 2.88. The maximum absolute atomic E-state index is 12.4. The summed E-state index contributed by atoms with van der Waals surface area (Å²) in [6.07, 6.45) is 1.53. The van der Waals surface area contributed by atoms with Crippen LogP contribution in [-0.4, -0.2) is 73.4 Å². The van der Waals surface area contributed by atoms with Gasteiger partial charge in [-0.2, -0.15) is 0 Å². The standard InChI is InChI=1S/C22H31N5O2.HI/c1-4-23-22(24-16-18-7-9-19(10-8-18)17-25(2)3)27-13-11-26(12-14-27)21(28)20-6-5-15-29-20;/h5-10,15H,4,11-14,16-17H2,1-3H3,(H,23,24);1H. The van der Waals surface area contributed by atoms with Gasteiger partial charge >= 0.3 is 0 Å². The molecule has 1 amide bonds. The third kappa shape index (κ3) is 6.73. The molecule has 1 saturated heterocycles. The monoisotopic (exact) mass is 525 g/mol. The molecule has 30 heavy (non-hydrogen) atoms. The molecule has 1 aromatic heterocycles. The van der Waals surface area contributed by atoms with Crippen LogP contribution in [0, 0.1) is 0 Å². The molecular formula is C22H32IN5O2. The molecule has 0 aliphatic carbocycles. The van der Waals surface area contributed by atoms with Crippen LogP contribution in [0.1, 0.15) is 28.6 Å². The molecule has 0 bridgehead atoms. The number of rotatable bonds is 6.